The maximum absolute atomic E-state index is 6.49. The number of ether oxygens (including phenoxy) is 1. The molecule has 1 fully saturated rings. The number of rotatable bonds is 3. The molecule has 2 rings (SSSR count). The van der Waals surface area contributed by atoms with E-state index in [-0.39, 0.29) is 17.2 Å². The zero-order valence-corrected chi connectivity index (χ0v) is 12.5. The Morgan fingerprint density at radius 3 is 2.56 bits per heavy atom. The van der Waals surface area contributed by atoms with Crippen LogP contribution in [-0.2, 0) is 4.74 Å². The third kappa shape index (κ3) is 3.16. The van der Waals surface area contributed by atoms with Crippen LogP contribution in [0.3, 0.4) is 0 Å². The molecule has 0 radical (unpaired) electrons. The lowest BCUT2D eigenvalue weighted by Gasteiger charge is -2.31. The fraction of sp³-hybridized carbons (Fsp3) is 0.875. The van der Waals surface area contributed by atoms with Gasteiger partial charge < -0.3 is 10.5 Å². The van der Waals surface area contributed by atoms with Crippen LogP contribution in [0.5, 0.6) is 0 Å². The second-order valence-electron chi connectivity index (χ2n) is 7.25. The summed E-state index contributed by atoms with van der Waals surface area (Å²) in [6.07, 6.45) is 9.75. The van der Waals surface area contributed by atoms with Crippen LogP contribution in [0, 0.1) is 5.92 Å². The van der Waals surface area contributed by atoms with Gasteiger partial charge >= 0.3 is 0 Å². The number of allylic oxidation sites excluding steroid dienone is 1. The summed E-state index contributed by atoms with van der Waals surface area (Å²) >= 11 is 0. The molecule has 0 amide bonds. The molecule has 2 nitrogen and oxygen atoms in total. The predicted octanol–water partition coefficient (Wildman–Crippen LogP) is 3.80. The second-order valence-corrected chi connectivity index (χ2v) is 7.25. The average molecular weight is 251 g/mol. The van der Waals surface area contributed by atoms with Crippen LogP contribution in [0.25, 0.3) is 0 Å². The van der Waals surface area contributed by atoms with Crippen LogP contribution < -0.4 is 5.73 Å². The lowest BCUT2D eigenvalue weighted by molar-refractivity contribution is -0.0765. The minimum Gasteiger partial charge on any atom is -0.369 e. The first-order chi connectivity index (χ1) is 8.30. The van der Waals surface area contributed by atoms with Crippen molar-refractivity contribution >= 4 is 0 Å². The summed E-state index contributed by atoms with van der Waals surface area (Å²) in [5, 5.41) is 0. The van der Waals surface area contributed by atoms with E-state index in [2.05, 4.69) is 33.8 Å². The predicted molar refractivity (Wildman–Crippen MR) is 76.5 cm³/mol. The molecule has 0 aromatic carbocycles. The maximum atomic E-state index is 6.49. The first-order valence-corrected chi connectivity index (χ1v) is 7.44. The Kier molecular flexibility index (Phi) is 3.89. The summed E-state index contributed by atoms with van der Waals surface area (Å²) in [5.41, 5.74) is 7.96. The molecule has 2 unspecified atom stereocenters. The minimum absolute atomic E-state index is 0.0211. The van der Waals surface area contributed by atoms with Crippen molar-refractivity contribution in [2.45, 2.75) is 83.5 Å². The van der Waals surface area contributed by atoms with E-state index in [9.17, 15) is 0 Å². The molecule has 1 aliphatic carbocycles. The van der Waals surface area contributed by atoms with Crippen molar-refractivity contribution < 1.29 is 4.74 Å². The summed E-state index contributed by atoms with van der Waals surface area (Å²) in [6, 6.07) is 0.242. The number of hydrogen-bond donors (Lipinski definition) is 1. The molecule has 0 spiro atoms. The van der Waals surface area contributed by atoms with E-state index in [1.165, 1.54) is 25.7 Å². The Bertz CT molecular complexity index is 330. The largest absolute Gasteiger partial charge is 0.369 e. The van der Waals surface area contributed by atoms with Crippen LogP contribution >= 0.6 is 0 Å². The van der Waals surface area contributed by atoms with E-state index in [1.807, 2.05) is 0 Å². The van der Waals surface area contributed by atoms with Crippen LogP contribution in [-0.4, -0.2) is 17.2 Å². The van der Waals surface area contributed by atoms with Crippen LogP contribution in [0.2, 0.25) is 0 Å². The van der Waals surface area contributed by atoms with Crippen molar-refractivity contribution in [3.05, 3.63) is 11.6 Å². The topological polar surface area (TPSA) is 35.2 Å². The molecule has 0 saturated carbocycles. The maximum Gasteiger partial charge on any atom is 0.0677 e. The molecular formula is C16H29NO. The molecule has 1 aliphatic heterocycles. The second kappa shape index (κ2) is 4.97. The highest BCUT2D eigenvalue weighted by Gasteiger charge is 2.48. The molecule has 2 heteroatoms. The Balaban J connectivity index is 2.00. The summed E-state index contributed by atoms with van der Waals surface area (Å²) in [6.45, 7) is 8.76. The lowest BCUT2D eigenvalue weighted by atomic mass is 9.79. The Hall–Kier alpha value is -0.340. The fourth-order valence-electron chi connectivity index (χ4n) is 3.81. The highest BCUT2D eigenvalue weighted by atomic mass is 16.5. The SMILES string of the molecule is CC1(C)CC(C(N)CC2=CCCCC2)C(C)(C)O1. The lowest BCUT2D eigenvalue weighted by Crippen LogP contribution is -2.41. The molecule has 104 valence electrons. The Morgan fingerprint density at radius 2 is 2.06 bits per heavy atom. The molecule has 2 aliphatic rings. The van der Waals surface area contributed by atoms with Crippen molar-refractivity contribution in [3.8, 4) is 0 Å². The van der Waals surface area contributed by atoms with Crippen LogP contribution in [0.15, 0.2) is 11.6 Å². The zero-order chi connectivity index (χ0) is 13.4. The molecule has 0 aromatic rings. The van der Waals surface area contributed by atoms with Crippen LogP contribution in [0.1, 0.15) is 66.2 Å². The fourth-order valence-corrected chi connectivity index (χ4v) is 3.81. The van der Waals surface area contributed by atoms with Gasteiger partial charge in [-0.1, -0.05) is 11.6 Å². The standard InChI is InChI=1S/C16H29NO/c1-15(2)11-13(16(3,4)18-15)14(17)10-12-8-6-5-7-9-12/h8,13-14H,5-7,9-11,17H2,1-4H3. The van der Waals surface area contributed by atoms with Crippen molar-refractivity contribution in [2.75, 3.05) is 0 Å². The third-order valence-electron chi connectivity index (χ3n) is 4.54. The summed E-state index contributed by atoms with van der Waals surface area (Å²) in [5.74, 6) is 0.468. The van der Waals surface area contributed by atoms with Crippen molar-refractivity contribution in [1.82, 2.24) is 0 Å². The van der Waals surface area contributed by atoms with E-state index in [0.29, 0.717) is 5.92 Å². The van der Waals surface area contributed by atoms with Crippen molar-refractivity contribution in [3.63, 3.8) is 0 Å². The van der Waals surface area contributed by atoms with Gasteiger partial charge in [-0.05, 0) is 66.2 Å². The molecular weight excluding hydrogens is 222 g/mol. The van der Waals surface area contributed by atoms with E-state index in [4.69, 9.17) is 10.5 Å². The average Bonchev–Trinajstić information content (AvgIpc) is 2.48. The quantitative estimate of drug-likeness (QED) is 0.774. The monoisotopic (exact) mass is 251 g/mol. The summed E-state index contributed by atoms with van der Waals surface area (Å²) in [4.78, 5) is 0. The van der Waals surface area contributed by atoms with E-state index < -0.39 is 0 Å². The smallest absolute Gasteiger partial charge is 0.0677 e. The minimum atomic E-state index is -0.0852. The summed E-state index contributed by atoms with van der Waals surface area (Å²) < 4.78 is 6.16. The van der Waals surface area contributed by atoms with Gasteiger partial charge in [0.25, 0.3) is 0 Å². The molecule has 18 heavy (non-hydrogen) atoms. The van der Waals surface area contributed by atoms with Gasteiger partial charge in [0.15, 0.2) is 0 Å². The van der Waals surface area contributed by atoms with Gasteiger partial charge in [0.2, 0.25) is 0 Å². The van der Waals surface area contributed by atoms with Gasteiger partial charge in [-0.3, -0.25) is 0 Å². The molecule has 1 heterocycles. The highest BCUT2D eigenvalue weighted by Crippen LogP contribution is 2.44. The summed E-state index contributed by atoms with van der Waals surface area (Å²) in [7, 11) is 0. The Labute approximate surface area is 112 Å². The van der Waals surface area contributed by atoms with Gasteiger partial charge in [0.1, 0.15) is 0 Å². The first kappa shape index (κ1) is 14.1. The van der Waals surface area contributed by atoms with Gasteiger partial charge in [-0.2, -0.15) is 0 Å². The first-order valence-electron chi connectivity index (χ1n) is 7.44. The van der Waals surface area contributed by atoms with Crippen molar-refractivity contribution in [2.24, 2.45) is 11.7 Å². The molecule has 0 aromatic heterocycles. The molecule has 2 N–H and O–H groups in total. The highest BCUT2D eigenvalue weighted by molar-refractivity contribution is 5.09. The normalized spacial score (nSPS) is 32.1. The van der Waals surface area contributed by atoms with E-state index in [0.717, 1.165) is 12.8 Å². The van der Waals surface area contributed by atoms with Crippen LogP contribution in [0.4, 0.5) is 0 Å². The van der Waals surface area contributed by atoms with Gasteiger partial charge in [-0.25, -0.2) is 0 Å². The molecule has 0 bridgehead atoms. The van der Waals surface area contributed by atoms with E-state index in [1.54, 1.807) is 5.57 Å². The molecule has 1 saturated heterocycles. The van der Waals surface area contributed by atoms with Crippen molar-refractivity contribution in [1.29, 1.82) is 0 Å². The van der Waals surface area contributed by atoms with E-state index >= 15 is 0 Å². The number of nitrogens with two attached hydrogens (primary N) is 1. The molecule has 2 atom stereocenters. The number of hydrogen-bond acceptors (Lipinski definition) is 2. The zero-order valence-electron chi connectivity index (χ0n) is 12.5. The van der Waals surface area contributed by atoms with Gasteiger partial charge in [0, 0.05) is 12.0 Å². The third-order valence-corrected chi connectivity index (χ3v) is 4.54. The van der Waals surface area contributed by atoms with Gasteiger partial charge in [-0.15, -0.1) is 0 Å². The van der Waals surface area contributed by atoms with Gasteiger partial charge in [0.05, 0.1) is 11.2 Å². The Morgan fingerprint density at radius 1 is 1.33 bits per heavy atom.